The van der Waals surface area contributed by atoms with E-state index in [1.807, 2.05) is 0 Å². The summed E-state index contributed by atoms with van der Waals surface area (Å²) in [5.41, 5.74) is 0.373. The Balaban J connectivity index is 2.06. The molecule has 0 bridgehead atoms. The lowest BCUT2D eigenvalue weighted by atomic mass is 10.2. The maximum atomic E-state index is 12.5. The van der Waals surface area contributed by atoms with Gasteiger partial charge in [-0.05, 0) is 19.1 Å². The molecule has 1 fully saturated rings. The van der Waals surface area contributed by atoms with Gasteiger partial charge < -0.3 is 10.0 Å². The molecule has 128 valence electrons. The molecule has 0 aromatic heterocycles. The van der Waals surface area contributed by atoms with Crippen LogP contribution in [-0.4, -0.2) is 60.9 Å². The number of piperazine rings is 1. The van der Waals surface area contributed by atoms with Crippen molar-refractivity contribution < 1.29 is 18.3 Å². The number of rotatable bonds is 4. The van der Waals surface area contributed by atoms with Crippen LogP contribution in [-0.2, 0) is 20.6 Å². The Morgan fingerprint density at radius 3 is 2.22 bits per heavy atom. The van der Waals surface area contributed by atoms with E-state index in [9.17, 15) is 18.3 Å². The Hall–Kier alpha value is -0.860. The normalized spacial score (nSPS) is 18.0. The van der Waals surface area contributed by atoms with Crippen molar-refractivity contribution in [2.45, 2.75) is 18.8 Å². The van der Waals surface area contributed by atoms with E-state index >= 15 is 0 Å². The predicted octanol–water partition coefficient (Wildman–Crippen LogP) is 1.35. The summed E-state index contributed by atoms with van der Waals surface area (Å²) in [6, 6.07) is 4.84. The standard InChI is InChI=1S/C14H18Cl2N2O4S/c1-10(19)14(20)17-5-7-18(8-6-17)23(21,22)9-11-12(15)3-2-4-13(11)16/h2-4,10,19H,5-9H2,1H3/t10-/m1/s1. The lowest BCUT2D eigenvalue weighted by Crippen LogP contribution is -2.52. The molecular weight excluding hydrogens is 363 g/mol. The van der Waals surface area contributed by atoms with Gasteiger partial charge in [0.2, 0.25) is 10.0 Å². The van der Waals surface area contributed by atoms with Crippen molar-refractivity contribution >= 4 is 39.1 Å². The Kier molecular flexibility index (Phi) is 5.91. The molecule has 2 rings (SSSR count). The summed E-state index contributed by atoms with van der Waals surface area (Å²) in [4.78, 5) is 13.2. The van der Waals surface area contributed by atoms with E-state index in [1.54, 1.807) is 18.2 Å². The van der Waals surface area contributed by atoms with Crippen LogP contribution in [0.1, 0.15) is 12.5 Å². The SMILES string of the molecule is C[C@@H](O)C(=O)N1CCN(S(=O)(=O)Cc2c(Cl)cccc2Cl)CC1. The van der Waals surface area contributed by atoms with Gasteiger partial charge in [0.05, 0.1) is 5.75 Å². The minimum atomic E-state index is -3.59. The topological polar surface area (TPSA) is 77.9 Å². The van der Waals surface area contributed by atoms with Crippen LogP contribution in [0.2, 0.25) is 10.0 Å². The summed E-state index contributed by atoms with van der Waals surface area (Å²) in [6.07, 6.45) is -1.08. The maximum Gasteiger partial charge on any atom is 0.251 e. The number of carbonyl (C=O) groups excluding carboxylic acids is 1. The number of hydrogen-bond acceptors (Lipinski definition) is 4. The first-order valence-corrected chi connectivity index (χ1v) is 9.46. The molecule has 6 nitrogen and oxygen atoms in total. The Bertz CT molecular complexity index is 666. The van der Waals surface area contributed by atoms with Crippen molar-refractivity contribution in [3.8, 4) is 0 Å². The molecule has 1 N–H and O–H groups in total. The van der Waals surface area contributed by atoms with Crippen molar-refractivity contribution in [3.05, 3.63) is 33.8 Å². The second-order valence-electron chi connectivity index (χ2n) is 5.36. The van der Waals surface area contributed by atoms with Crippen LogP contribution >= 0.6 is 23.2 Å². The molecule has 0 radical (unpaired) electrons. The summed E-state index contributed by atoms with van der Waals surface area (Å²) < 4.78 is 26.4. The predicted molar refractivity (Wildman–Crippen MR) is 88.9 cm³/mol. The van der Waals surface area contributed by atoms with Gasteiger partial charge in [0, 0.05) is 41.8 Å². The van der Waals surface area contributed by atoms with Crippen molar-refractivity contribution in [2.75, 3.05) is 26.2 Å². The van der Waals surface area contributed by atoms with Crippen LogP contribution in [0, 0.1) is 0 Å². The molecular formula is C14H18Cl2N2O4S. The first-order chi connectivity index (χ1) is 10.7. The minimum Gasteiger partial charge on any atom is -0.384 e. The zero-order valence-corrected chi connectivity index (χ0v) is 14.9. The highest BCUT2D eigenvalue weighted by Crippen LogP contribution is 2.27. The van der Waals surface area contributed by atoms with Gasteiger partial charge in [-0.25, -0.2) is 8.42 Å². The molecule has 1 saturated heterocycles. The van der Waals surface area contributed by atoms with E-state index in [2.05, 4.69) is 0 Å². The number of benzene rings is 1. The van der Waals surface area contributed by atoms with Gasteiger partial charge in [0.15, 0.2) is 0 Å². The van der Waals surface area contributed by atoms with Crippen molar-refractivity contribution in [2.24, 2.45) is 0 Å². The van der Waals surface area contributed by atoms with Crippen LogP contribution in [0.4, 0.5) is 0 Å². The fraction of sp³-hybridized carbons (Fsp3) is 0.500. The van der Waals surface area contributed by atoms with E-state index in [0.717, 1.165) is 0 Å². The highest BCUT2D eigenvalue weighted by Gasteiger charge is 2.30. The van der Waals surface area contributed by atoms with E-state index in [0.29, 0.717) is 15.6 Å². The summed E-state index contributed by atoms with van der Waals surface area (Å²) in [6.45, 7) is 2.26. The molecule has 1 aliphatic rings. The first-order valence-electron chi connectivity index (χ1n) is 7.10. The molecule has 0 aliphatic carbocycles. The summed E-state index contributed by atoms with van der Waals surface area (Å²) in [5, 5.41) is 9.92. The molecule has 1 aromatic rings. The first kappa shape index (κ1) is 18.5. The molecule has 1 amide bonds. The lowest BCUT2D eigenvalue weighted by Gasteiger charge is -2.34. The zero-order valence-electron chi connectivity index (χ0n) is 12.6. The Morgan fingerprint density at radius 2 is 1.74 bits per heavy atom. The average Bonchev–Trinajstić information content (AvgIpc) is 2.50. The van der Waals surface area contributed by atoms with Crippen LogP contribution in [0.25, 0.3) is 0 Å². The second-order valence-corrected chi connectivity index (χ2v) is 8.14. The van der Waals surface area contributed by atoms with Crippen molar-refractivity contribution in [1.82, 2.24) is 9.21 Å². The highest BCUT2D eigenvalue weighted by atomic mass is 35.5. The zero-order chi connectivity index (χ0) is 17.2. The summed E-state index contributed by atoms with van der Waals surface area (Å²) in [7, 11) is -3.59. The molecule has 1 aromatic carbocycles. The second kappa shape index (κ2) is 7.36. The van der Waals surface area contributed by atoms with E-state index in [1.165, 1.54) is 16.1 Å². The van der Waals surface area contributed by atoms with Gasteiger partial charge in [-0.3, -0.25) is 4.79 Å². The third-order valence-corrected chi connectivity index (χ3v) is 6.20. The van der Waals surface area contributed by atoms with Gasteiger partial charge >= 0.3 is 0 Å². The monoisotopic (exact) mass is 380 g/mol. The van der Waals surface area contributed by atoms with Crippen LogP contribution < -0.4 is 0 Å². The largest absolute Gasteiger partial charge is 0.384 e. The molecule has 0 saturated carbocycles. The molecule has 1 atom stereocenters. The van der Waals surface area contributed by atoms with Crippen molar-refractivity contribution in [1.29, 1.82) is 0 Å². The smallest absolute Gasteiger partial charge is 0.251 e. The number of sulfonamides is 1. The van der Waals surface area contributed by atoms with Gasteiger partial charge in [-0.2, -0.15) is 4.31 Å². The van der Waals surface area contributed by atoms with E-state index in [4.69, 9.17) is 23.2 Å². The summed E-state index contributed by atoms with van der Waals surface area (Å²) in [5.74, 6) is -0.674. The lowest BCUT2D eigenvalue weighted by molar-refractivity contribution is -0.140. The molecule has 1 heterocycles. The van der Waals surface area contributed by atoms with Crippen LogP contribution in [0.3, 0.4) is 0 Å². The fourth-order valence-corrected chi connectivity index (χ4v) is 4.66. The Morgan fingerprint density at radius 1 is 1.22 bits per heavy atom. The van der Waals surface area contributed by atoms with E-state index < -0.39 is 22.0 Å². The molecule has 9 heteroatoms. The third kappa shape index (κ3) is 4.36. The number of amides is 1. The summed E-state index contributed by atoms with van der Waals surface area (Å²) >= 11 is 12.1. The van der Waals surface area contributed by atoms with Gasteiger partial charge in [0.1, 0.15) is 6.10 Å². The quantitative estimate of drug-likeness (QED) is 0.854. The molecule has 23 heavy (non-hydrogen) atoms. The Labute approximate surface area is 145 Å². The molecule has 0 spiro atoms. The van der Waals surface area contributed by atoms with Crippen LogP contribution in [0.15, 0.2) is 18.2 Å². The van der Waals surface area contributed by atoms with Gasteiger partial charge in [-0.1, -0.05) is 29.3 Å². The molecule has 1 aliphatic heterocycles. The number of halogens is 2. The highest BCUT2D eigenvalue weighted by molar-refractivity contribution is 7.88. The van der Waals surface area contributed by atoms with E-state index in [-0.39, 0.29) is 31.9 Å². The maximum absolute atomic E-state index is 12.5. The number of carbonyl (C=O) groups is 1. The number of hydrogen-bond donors (Lipinski definition) is 1. The third-order valence-electron chi connectivity index (χ3n) is 3.69. The van der Waals surface area contributed by atoms with Gasteiger partial charge in [0.25, 0.3) is 5.91 Å². The number of aliphatic hydroxyl groups excluding tert-OH is 1. The fourth-order valence-electron chi connectivity index (χ4n) is 2.39. The number of nitrogens with zero attached hydrogens (tertiary/aromatic N) is 2. The minimum absolute atomic E-state index is 0.183. The number of aliphatic hydroxyl groups is 1. The van der Waals surface area contributed by atoms with Gasteiger partial charge in [-0.15, -0.1) is 0 Å². The average molecular weight is 381 g/mol. The molecule has 0 unspecified atom stereocenters. The van der Waals surface area contributed by atoms with Crippen molar-refractivity contribution in [3.63, 3.8) is 0 Å². The van der Waals surface area contributed by atoms with Crippen LogP contribution in [0.5, 0.6) is 0 Å².